The van der Waals surface area contributed by atoms with Crippen molar-refractivity contribution >= 4 is 19.7 Å². The van der Waals surface area contributed by atoms with E-state index >= 15 is 0 Å². The topological polar surface area (TPSA) is 52.6 Å². The molecule has 0 aliphatic rings. The third-order valence-corrected chi connectivity index (χ3v) is 3.22. The minimum atomic E-state index is -3.52. The lowest BCUT2D eigenvalue weighted by Crippen LogP contribution is -2.12. The summed E-state index contributed by atoms with van der Waals surface area (Å²) in [6, 6.07) is 4.26. The minimum Gasteiger partial charge on any atom is -0.491 e. The number of halogens is 2. The van der Waals surface area contributed by atoms with Gasteiger partial charge in [0.2, 0.25) is 9.05 Å². The summed E-state index contributed by atoms with van der Waals surface area (Å²) in [4.78, 5) is 0. The molecule has 1 aromatic carbocycles. The van der Waals surface area contributed by atoms with Crippen molar-refractivity contribution in [2.45, 2.75) is 6.92 Å². The molecule has 0 aliphatic carbocycles. The SMILES string of the molecule is Cc1ccc(F)cc1OCCOCCS(=O)(=O)Cl. The smallest absolute Gasteiger partial charge is 0.234 e. The second-order valence-corrected chi connectivity index (χ2v) is 6.51. The van der Waals surface area contributed by atoms with Crippen LogP contribution in [0, 0.1) is 12.7 Å². The summed E-state index contributed by atoms with van der Waals surface area (Å²) in [6.45, 7) is 2.24. The van der Waals surface area contributed by atoms with Gasteiger partial charge >= 0.3 is 0 Å². The van der Waals surface area contributed by atoms with Gasteiger partial charge in [-0.15, -0.1) is 0 Å². The highest BCUT2D eigenvalue weighted by Gasteiger charge is 2.05. The highest BCUT2D eigenvalue weighted by Crippen LogP contribution is 2.18. The zero-order valence-electron chi connectivity index (χ0n) is 9.86. The minimum absolute atomic E-state index is 0.0112. The van der Waals surface area contributed by atoms with Crippen molar-refractivity contribution in [1.29, 1.82) is 0 Å². The van der Waals surface area contributed by atoms with Crippen LogP contribution in [-0.4, -0.2) is 34.0 Å². The number of benzene rings is 1. The van der Waals surface area contributed by atoms with Gasteiger partial charge in [-0.3, -0.25) is 0 Å². The summed E-state index contributed by atoms with van der Waals surface area (Å²) in [5, 5.41) is 0. The van der Waals surface area contributed by atoms with Crippen LogP contribution < -0.4 is 4.74 Å². The van der Waals surface area contributed by atoms with Gasteiger partial charge in [-0.2, -0.15) is 0 Å². The monoisotopic (exact) mass is 296 g/mol. The van der Waals surface area contributed by atoms with Crippen LogP contribution in [0.3, 0.4) is 0 Å². The summed E-state index contributed by atoms with van der Waals surface area (Å²) in [5.41, 5.74) is 0.819. The number of aryl methyl sites for hydroxylation is 1. The second-order valence-electron chi connectivity index (χ2n) is 3.61. The first-order chi connectivity index (χ1) is 8.38. The lowest BCUT2D eigenvalue weighted by molar-refractivity contribution is 0.111. The van der Waals surface area contributed by atoms with Gasteiger partial charge in [0.25, 0.3) is 0 Å². The van der Waals surface area contributed by atoms with E-state index in [1.165, 1.54) is 12.1 Å². The largest absolute Gasteiger partial charge is 0.491 e. The van der Waals surface area contributed by atoms with E-state index < -0.39 is 9.05 Å². The fourth-order valence-electron chi connectivity index (χ4n) is 1.20. The van der Waals surface area contributed by atoms with Crippen molar-refractivity contribution in [1.82, 2.24) is 0 Å². The number of rotatable bonds is 7. The van der Waals surface area contributed by atoms with Crippen molar-refractivity contribution < 1.29 is 22.3 Å². The number of hydrogen-bond donors (Lipinski definition) is 0. The van der Waals surface area contributed by atoms with Crippen LogP contribution in [0.5, 0.6) is 5.75 Å². The Morgan fingerprint density at radius 1 is 1.28 bits per heavy atom. The van der Waals surface area contributed by atoms with E-state index in [-0.39, 0.29) is 31.4 Å². The predicted octanol–water partition coefficient (Wildman–Crippen LogP) is 2.10. The van der Waals surface area contributed by atoms with Gasteiger partial charge in [0.05, 0.1) is 19.0 Å². The maximum atomic E-state index is 12.9. The third-order valence-electron chi connectivity index (χ3n) is 2.11. The molecule has 0 heterocycles. The molecule has 0 atom stereocenters. The maximum Gasteiger partial charge on any atom is 0.234 e. The van der Waals surface area contributed by atoms with E-state index in [0.29, 0.717) is 5.75 Å². The first-order valence-electron chi connectivity index (χ1n) is 5.27. The van der Waals surface area contributed by atoms with Crippen LogP contribution in [0.2, 0.25) is 0 Å². The Bertz CT molecular complexity index is 490. The fraction of sp³-hybridized carbons (Fsp3) is 0.455. The first kappa shape index (κ1) is 15.2. The van der Waals surface area contributed by atoms with Gasteiger partial charge in [0, 0.05) is 16.7 Å². The van der Waals surface area contributed by atoms with E-state index in [9.17, 15) is 12.8 Å². The molecule has 1 aromatic rings. The van der Waals surface area contributed by atoms with Crippen LogP contribution in [0.15, 0.2) is 18.2 Å². The van der Waals surface area contributed by atoms with E-state index in [4.69, 9.17) is 20.2 Å². The average Bonchev–Trinajstić information content (AvgIpc) is 2.26. The molecule has 0 fully saturated rings. The van der Waals surface area contributed by atoms with Crippen molar-refractivity contribution in [3.05, 3.63) is 29.6 Å². The fourth-order valence-corrected chi connectivity index (χ4v) is 1.71. The molecule has 7 heteroatoms. The Morgan fingerprint density at radius 2 is 2.00 bits per heavy atom. The summed E-state index contributed by atoms with van der Waals surface area (Å²) in [5.74, 6) is -0.165. The van der Waals surface area contributed by atoms with Crippen molar-refractivity contribution in [2.75, 3.05) is 25.6 Å². The van der Waals surface area contributed by atoms with Gasteiger partial charge in [0.1, 0.15) is 18.2 Å². The maximum absolute atomic E-state index is 12.9. The van der Waals surface area contributed by atoms with E-state index in [0.717, 1.165) is 5.56 Å². The molecule has 0 radical (unpaired) electrons. The molecule has 0 aliphatic heterocycles. The molecular weight excluding hydrogens is 283 g/mol. The van der Waals surface area contributed by atoms with Gasteiger partial charge in [-0.05, 0) is 18.6 Å². The molecule has 0 unspecified atom stereocenters. The Hall–Kier alpha value is -0.850. The molecular formula is C11H14ClFO4S. The molecule has 0 saturated heterocycles. The highest BCUT2D eigenvalue weighted by atomic mass is 35.7. The predicted molar refractivity (Wildman–Crippen MR) is 67.1 cm³/mol. The van der Waals surface area contributed by atoms with Gasteiger partial charge < -0.3 is 9.47 Å². The number of ether oxygens (including phenoxy) is 2. The molecule has 102 valence electrons. The van der Waals surface area contributed by atoms with E-state index in [2.05, 4.69) is 0 Å². The van der Waals surface area contributed by atoms with Gasteiger partial charge in [0.15, 0.2) is 0 Å². The molecule has 18 heavy (non-hydrogen) atoms. The van der Waals surface area contributed by atoms with Crippen LogP contribution in [-0.2, 0) is 13.8 Å². The molecule has 0 N–H and O–H groups in total. The summed E-state index contributed by atoms with van der Waals surface area (Å²) >= 11 is 0. The van der Waals surface area contributed by atoms with Gasteiger partial charge in [-0.1, -0.05) is 6.07 Å². The lowest BCUT2D eigenvalue weighted by atomic mass is 10.2. The normalized spacial score (nSPS) is 11.5. The van der Waals surface area contributed by atoms with Crippen LogP contribution in [0.1, 0.15) is 5.56 Å². The average molecular weight is 297 g/mol. The Labute approximate surface area is 110 Å². The van der Waals surface area contributed by atoms with Crippen molar-refractivity contribution in [2.24, 2.45) is 0 Å². The molecule has 0 amide bonds. The number of hydrogen-bond acceptors (Lipinski definition) is 4. The molecule has 0 bridgehead atoms. The Kier molecular flexibility index (Phi) is 5.84. The molecule has 0 spiro atoms. The third kappa shape index (κ3) is 6.18. The summed E-state index contributed by atoms with van der Waals surface area (Å²) in [7, 11) is 1.48. The molecule has 1 rings (SSSR count). The zero-order valence-corrected chi connectivity index (χ0v) is 11.4. The van der Waals surface area contributed by atoms with E-state index in [1.54, 1.807) is 13.0 Å². The standard InChI is InChI=1S/C11H14ClFO4S/c1-9-2-3-10(13)8-11(9)17-5-4-16-6-7-18(12,14)15/h2-3,8H,4-7H2,1H3. The quantitative estimate of drug-likeness (QED) is 0.571. The van der Waals surface area contributed by atoms with Gasteiger partial charge in [-0.25, -0.2) is 12.8 Å². The van der Waals surface area contributed by atoms with Crippen molar-refractivity contribution in [3.8, 4) is 5.75 Å². The summed E-state index contributed by atoms with van der Waals surface area (Å²) in [6.07, 6.45) is 0. The molecule has 4 nitrogen and oxygen atoms in total. The van der Waals surface area contributed by atoms with Crippen LogP contribution in [0.25, 0.3) is 0 Å². The van der Waals surface area contributed by atoms with E-state index in [1.807, 2.05) is 0 Å². The molecule has 0 saturated carbocycles. The Balaban J connectivity index is 2.24. The highest BCUT2D eigenvalue weighted by molar-refractivity contribution is 8.13. The second kappa shape index (κ2) is 6.92. The zero-order chi connectivity index (χ0) is 13.6. The van der Waals surface area contributed by atoms with Crippen LogP contribution in [0.4, 0.5) is 4.39 Å². The van der Waals surface area contributed by atoms with Crippen LogP contribution >= 0.6 is 10.7 Å². The summed E-state index contributed by atoms with van der Waals surface area (Å²) < 4.78 is 44.4. The first-order valence-corrected chi connectivity index (χ1v) is 7.75. The lowest BCUT2D eigenvalue weighted by Gasteiger charge is -2.09. The van der Waals surface area contributed by atoms with Crippen molar-refractivity contribution in [3.63, 3.8) is 0 Å². The Morgan fingerprint density at radius 3 is 2.67 bits per heavy atom. The molecule has 0 aromatic heterocycles.